The largest absolute Gasteiger partial charge is 0.373 e. The first-order valence-corrected chi connectivity index (χ1v) is 8.82. The molecule has 0 aromatic heterocycles. The van der Waals surface area contributed by atoms with Crippen LogP contribution in [0.5, 0.6) is 0 Å². The lowest BCUT2D eigenvalue weighted by Crippen LogP contribution is -2.44. The molecule has 0 aliphatic carbocycles. The average Bonchev–Trinajstić information content (AvgIpc) is 2.59. The molecule has 0 radical (unpaired) electrons. The number of nitrogens with zero attached hydrogens (tertiary/aromatic N) is 1. The normalized spacial score (nSPS) is 24.1. The molecule has 2 atom stereocenters. The van der Waals surface area contributed by atoms with Crippen molar-refractivity contribution in [3.8, 4) is 0 Å². The van der Waals surface area contributed by atoms with Crippen molar-refractivity contribution in [2.24, 2.45) is 0 Å². The van der Waals surface area contributed by atoms with E-state index in [1.54, 1.807) is 0 Å². The van der Waals surface area contributed by atoms with Gasteiger partial charge in [-0.2, -0.15) is 0 Å². The third kappa shape index (κ3) is 3.01. The number of fused-ring (bicyclic) bond motifs is 3. The van der Waals surface area contributed by atoms with Crippen LogP contribution >= 0.6 is 23.2 Å². The van der Waals surface area contributed by atoms with Crippen molar-refractivity contribution in [3.63, 3.8) is 0 Å². The Balaban J connectivity index is 1.57. The van der Waals surface area contributed by atoms with E-state index in [0.29, 0.717) is 28.7 Å². The second-order valence-electron chi connectivity index (χ2n) is 6.39. The summed E-state index contributed by atoms with van der Waals surface area (Å²) < 4.78 is 6.07. The minimum absolute atomic E-state index is 0.298. The van der Waals surface area contributed by atoms with Crippen molar-refractivity contribution in [1.82, 2.24) is 4.90 Å². The summed E-state index contributed by atoms with van der Waals surface area (Å²) in [5.41, 5.74) is 3.74. The molecule has 23 heavy (non-hydrogen) atoms. The number of piperidine rings is 1. The molecule has 0 unspecified atom stereocenters. The van der Waals surface area contributed by atoms with Crippen LogP contribution in [0.1, 0.15) is 29.0 Å². The molecule has 2 aliphatic heterocycles. The Hall–Kier alpha value is -1.06. The highest BCUT2D eigenvalue weighted by Crippen LogP contribution is 2.41. The molecule has 4 rings (SSSR count). The lowest BCUT2D eigenvalue weighted by molar-refractivity contribution is -0.0325. The summed E-state index contributed by atoms with van der Waals surface area (Å²) in [5, 5.41) is 1.27. The molecular weight excluding hydrogens is 329 g/mol. The number of halogens is 2. The van der Waals surface area contributed by atoms with Gasteiger partial charge < -0.3 is 4.74 Å². The van der Waals surface area contributed by atoms with Gasteiger partial charge in [-0.05, 0) is 23.6 Å². The third-order valence-corrected chi connectivity index (χ3v) is 5.80. The van der Waals surface area contributed by atoms with Gasteiger partial charge in [0, 0.05) is 31.1 Å². The molecule has 2 nitrogen and oxygen atoms in total. The fraction of sp³-hybridized carbons (Fsp3) is 0.368. The average molecular weight is 348 g/mol. The van der Waals surface area contributed by atoms with Crippen LogP contribution in [-0.4, -0.2) is 24.1 Å². The van der Waals surface area contributed by atoms with Gasteiger partial charge in [-0.1, -0.05) is 59.6 Å². The fourth-order valence-corrected chi connectivity index (χ4v) is 4.18. The van der Waals surface area contributed by atoms with Crippen LogP contribution in [0.3, 0.4) is 0 Å². The van der Waals surface area contributed by atoms with Crippen LogP contribution in [-0.2, 0) is 17.9 Å². The number of rotatable bonds is 2. The van der Waals surface area contributed by atoms with E-state index in [4.69, 9.17) is 27.9 Å². The van der Waals surface area contributed by atoms with Gasteiger partial charge in [0.15, 0.2) is 0 Å². The molecule has 2 aromatic carbocycles. The molecule has 1 saturated heterocycles. The van der Waals surface area contributed by atoms with E-state index in [9.17, 15) is 0 Å². The maximum absolute atomic E-state index is 6.38. The topological polar surface area (TPSA) is 12.5 Å². The monoisotopic (exact) mass is 347 g/mol. The summed E-state index contributed by atoms with van der Waals surface area (Å²) >= 11 is 12.5. The van der Waals surface area contributed by atoms with Gasteiger partial charge in [-0.15, -0.1) is 0 Å². The van der Waals surface area contributed by atoms with E-state index in [-0.39, 0.29) is 0 Å². The van der Waals surface area contributed by atoms with Crippen molar-refractivity contribution >= 4 is 23.2 Å². The molecule has 2 heterocycles. The zero-order valence-electron chi connectivity index (χ0n) is 12.8. The van der Waals surface area contributed by atoms with Crippen LogP contribution < -0.4 is 0 Å². The Morgan fingerprint density at radius 3 is 2.74 bits per heavy atom. The van der Waals surface area contributed by atoms with Crippen LogP contribution in [0.25, 0.3) is 0 Å². The first-order valence-electron chi connectivity index (χ1n) is 8.07. The molecule has 0 bridgehead atoms. The van der Waals surface area contributed by atoms with Crippen LogP contribution in [0, 0.1) is 0 Å². The molecular formula is C19H19Cl2NO. The Morgan fingerprint density at radius 2 is 1.91 bits per heavy atom. The molecule has 2 aliphatic rings. The number of likely N-dealkylation sites (tertiary alicyclic amines) is 1. The summed E-state index contributed by atoms with van der Waals surface area (Å²) in [4.78, 5) is 2.51. The second kappa shape index (κ2) is 6.45. The van der Waals surface area contributed by atoms with E-state index in [1.165, 1.54) is 11.1 Å². The van der Waals surface area contributed by atoms with E-state index >= 15 is 0 Å². The Morgan fingerprint density at radius 1 is 1.09 bits per heavy atom. The molecule has 1 fully saturated rings. The summed E-state index contributed by atoms with van der Waals surface area (Å²) in [5.74, 6) is 0.381. The number of hydrogen-bond donors (Lipinski definition) is 0. The second-order valence-corrected chi connectivity index (χ2v) is 7.18. The van der Waals surface area contributed by atoms with Gasteiger partial charge in [0.25, 0.3) is 0 Å². The summed E-state index contributed by atoms with van der Waals surface area (Å²) in [6.45, 7) is 3.65. The van der Waals surface area contributed by atoms with Crippen molar-refractivity contribution in [1.29, 1.82) is 0 Å². The highest BCUT2D eigenvalue weighted by atomic mass is 35.5. The fourth-order valence-electron chi connectivity index (χ4n) is 3.77. The Labute approximate surface area is 147 Å². The van der Waals surface area contributed by atoms with E-state index in [0.717, 1.165) is 31.6 Å². The van der Waals surface area contributed by atoms with Crippen molar-refractivity contribution in [3.05, 3.63) is 69.2 Å². The van der Waals surface area contributed by atoms with E-state index in [2.05, 4.69) is 41.3 Å². The minimum atomic E-state index is 0.298. The molecule has 4 heteroatoms. The summed E-state index contributed by atoms with van der Waals surface area (Å²) in [6, 6.07) is 14.7. The zero-order valence-corrected chi connectivity index (χ0v) is 14.4. The van der Waals surface area contributed by atoms with Crippen molar-refractivity contribution in [2.45, 2.75) is 31.6 Å². The highest BCUT2D eigenvalue weighted by Gasteiger charge is 2.36. The first kappa shape index (κ1) is 15.5. The standard InChI is InChI=1S/C19H19Cl2NO/c20-17-7-6-14-15-11-22(10-13-4-2-1-3-5-13)9-8-18(15)23-12-16(14)19(17)21/h1-7,15,18H,8-12H2/t15-,18+/m0/s1. The predicted molar refractivity (Wildman–Crippen MR) is 94.1 cm³/mol. The van der Waals surface area contributed by atoms with Gasteiger partial charge in [0.05, 0.1) is 22.8 Å². The van der Waals surface area contributed by atoms with Crippen molar-refractivity contribution < 1.29 is 4.74 Å². The molecule has 2 aromatic rings. The number of ether oxygens (including phenoxy) is 1. The third-order valence-electron chi connectivity index (χ3n) is 4.96. The predicted octanol–water partition coefficient (Wildman–Crippen LogP) is 4.88. The lowest BCUT2D eigenvalue weighted by Gasteiger charge is -2.42. The summed E-state index contributed by atoms with van der Waals surface area (Å²) in [7, 11) is 0. The van der Waals surface area contributed by atoms with Gasteiger partial charge in [0.2, 0.25) is 0 Å². The number of benzene rings is 2. The smallest absolute Gasteiger partial charge is 0.0738 e. The van der Waals surface area contributed by atoms with Gasteiger partial charge in [-0.25, -0.2) is 0 Å². The van der Waals surface area contributed by atoms with Gasteiger partial charge in [0.1, 0.15) is 0 Å². The molecule has 120 valence electrons. The number of hydrogen-bond acceptors (Lipinski definition) is 2. The Bertz CT molecular complexity index is 704. The zero-order chi connectivity index (χ0) is 15.8. The van der Waals surface area contributed by atoms with Crippen molar-refractivity contribution in [2.75, 3.05) is 13.1 Å². The lowest BCUT2D eigenvalue weighted by atomic mass is 9.83. The highest BCUT2D eigenvalue weighted by molar-refractivity contribution is 6.42. The first-order chi connectivity index (χ1) is 11.2. The summed E-state index contributed by atoms with van der Waals surface area (Å²) in [6.07, 6.45) is 1.36. The molecule has 0 N–H and O–H groups in total. The van der Waals surface area contributed by atoms with E-state index < -0.39 is 0 Å². The molecule has 0 saturated carbocycles. The maximum atomic E-state index is 6.38. The van der Waals surface area contributed by atoms with Crippen LogP contribution in [0.15, 0.2) is 42.5 Å². The van der Waals surface area contributed by atoms with Crippen LogP contribution in [0.4, 0.5) is 0 Å². The van der Waals surface area contributed by atoms with Gasteiger partial charge in [-0.3, -0.25) is 4.90 Å². The van der Waals surface area contributed by atoms with Gasteiger partial charge >= 0.3 is 0 Å². The Kier molecular flexibility index (Phi) is 4.33. The quantitative estimate of drug-likeness (QED) is 0.767. The SMILES string of the molecule is Clc1ccc2c(c1Cl)CO[C@@H]1CCN(Cc3ccccc3)C[C@@H]21. The van der Waals surface area contributed by atoms with E-state index in [1.807, 2.05) is 6.07 Å². The minimum Gasteiger partial charge on any atom is -0.373 e. The maximum Gasteiger partial charge on any atom is 0.0738 e. The van der Waals surface area contributed by atoms with Crippen LogP contribution in [0.2, 0.25) is 10.0 Å². The molecule has 0 amide bonds. The molecule has 0 spiro atoms.